The van der Waals surface area contributed by atoms with Gasteiger partial charge in [0, 0.05) is 12.6 Å². The number of aliphatic hydroxyl groups excluding tert-OH is 1. The topological polar surface area (TPSA) is 77.0 Å². The van der Waals surface area contributed by atoms with Crippen molar-refractivity contribution in [1.82, 2.24) is 5.32 Å². The van der Waals surface area contributed by atoms with Gasteiger partial charge in [-0.1, -0.05) is 36.4 Å². The molecule has 6 heteroatoms. The zero-order valence-electron chi connectivity index (χ0n) is 15.6. The van der Waals surface area contributed by atoms with E-state index in [0.29, 0.717) is 18.0 Å². The van der Waals surface area contributed by atoms with Crippen LogP contribution >= 0.6 is 0 Å². The number of nitrogens with one attached hydrogen (secondary N) is 1. The molecule has 3 rings (SSSR count). The summed E-state index contributed by atoms with van der Waals surface area (Å²) in [6.07, 6.45) is -0.537. The van der Waals surface area contributed by atoms with E-state index in [2.05, 4.69) is 12.2 Å². The lowest BCUT2D eigenvalue weighted by Gasteiger charge is -2.25. The molecule has 0 spiro atoms. The molecule has 1 aliphatic rings. The lowest BCUT2D eigenvalue weighted by Crippen LogP contribution is -2.37. The maximum Gasteiger partial charge on any atom is 0.350 e. The van der Waals surface area contributed by atoms with E-state index in [1.807, 2.05) is 48.5 Å². The second-order valence-corrected chi connectivity index (χ2v) is 6.66. The van der Waals surface area contributed by atoms with Crippen molar-refractivity contribution < 1.29 is 24.1 Å². The highest BCUT2D eigenvalue weighted by Gasteiger charge is 2.28. The molecule has 0 amide bonds. The Balaban J connectivity index is 1.55. The SMILES string of the molecule is COC(=O)C1COc2ccc(CC(C)NCC(O)c3ccccc3)cc2O1. The molecule has 144 valence electrons. The van der Waals surface area contributed by atoms with Crippen molar-refractivity contribution in [1.29, 1.82) is 0 Å². The molecular weight excluding hydrogens is 346 g/mol. The number of rotatable bonds is 7. The Morgan fingerprint density at radius 2 is 2.04 bits per heavy atom. The van der Waals surface area contributed by atoms with Crippen molar-refractivity contribution in [3.63, 3.8) is 0 Å². The molecule has 27 heavy (non-hydrogen) atoms. The number of methoxy groups -OCH3 is 1. The zero-order valence-corrected chi connectivity index (χ0v) is 15.6. The van der Waals surface area contributed by atoms with Crippen LogP contribution in [0.2, 0.25) is 0 Å². The van der Waals surface area contributed by atoms with Gasteiger partial charge in [-0.05, 0) is 36.6 Å². The number of benzene rings is 2. The second kappa shape index (κ2) is 8.88. The maximum absolute atomic E-state index is 11.6. The molecule has 0 fully saturated rings. The van der Waals surface area contributed by atoms with E-state index < -0.39 is 18.2 Å². The zero-order chi connectivity index (χ0) is 19.2. The summed E-state index contributed by atoms with van der Waals surface area (Å²) < 4.78 is 16.0. The van der Waals surface area contributed by atoms with Crippen LogP contribution in [0.5, 0.6) is 11.5 Å². The van der Waals surface area contributed by atoms with E-state index in [0.717, 1.165) is 17.5 Å². The van der Waals surface area contributed by atoms with Crippen LogP contribution in [0.3, 0.4) is 0 Å². The Bertz CT molecular complexity index is 764. The summed E-state index contributed by atoms with van der Waals surface area (Å²) in [6.45, 7) is 2.68. The van der Waals surface area contributed by atoms with Gasteiger partial charge in [0.25, 0.3) is 0 Å². The molecule has 0 aromatic heterocycles. The van der Waals surface area contributed by atoms with E-state index in [-0.39, 0.29) is 12.6 Å². The average Bonchev–Trinajstić information content (AvgIpc) is 2.71. The largest absolute Gasteiger partial charge is 0.485 e. The van der Waals surface area contributed by atoms with Crippen molar-refractivity contribution in [2.24, 2.45) is 0 Å². The number of hydrogen-bond donors (Lipinski definition) is 2. The molecule has 0 radical (unpaired) electrons. The molecule has 3 unspecified atom stereocenters. The van der Waals surface area contributed by atoms with Crippen molar-refractivity contribution >= 4 is 5.97 Å². The fraction of sp³-hybridized carbons (Fsp3) is 0.381. The molecule has 0 aliphatic carbocycles. The van der Waals surface area contributed by atoms with Gasteiger partial charge in [0.05, 0.1) is 13.2 Å². The first kappa shape index (κ1) is 19.2. The minimum absolute atomic E-state index is 0.147. The summed E-state index contributed by atoms with van der Waals surface area (Å²) in [7, 11) is 1.33. The molecule has 1 aliphatic heterocycles. The summed E-state index contributed by atoms with van der Waals surface area (Å²) in [5.41, 5.74) is 1.95. The van der Waals surface area contributed by atoms with Crippen LogP contribution in [0.25, 0.3) is 0 Å². The quantitative estimate of drug-likeness (QED) is 0.727. The van der Waals surface area contributed by atoms with Crippen molar-refractivity contribution in [3.05, 3.63) is 59.7 Å². The molecule has 6 nitrogen and oxygen atoms in total. The van der Waals surface area contributed by atoms with Gasteiger partial charge in [-0.25, -0.2) is 4.79 Å². The highest BCUT2D eigenvalue weighted by molar-refractivity contribution is 5.75. The third-order valence-electron chi connectivity index (χ3n) is 4.52. The Morgan fingerprint density at radius 3 is 2.78 bits per heavy atom. The second-order valence-electron chi connectivity index (χ2n) is 6.66. The van der Waals surface area contributed by atoms with E-state index in [9.17, 15) is 9.90 Å². The van der Waals surface area contributed by atoms with E-state index in [4.69, 9.17) is 14.2 Å². The summed E-state index contributed by atoms with van der Waals surface area (Å²) in [4.78, 5) is 11.6. The number of aliphatic hydroxyl groups is 1. The normalized spacial score (nSPS) is 17.8. The van der Waals surface area contributed by atoms with Crippen molar-refractivity contribution in [2.45, 2.75) is 31.6 Å². The Labute approximate surface area is 159 Å². The van der Waals surface area contributed by atoms with Crippen LogP contribution in [0.15, 0.2) is 48.5 Å². The van der Waals surface area contributed by atoms with E-state index >= 15 is 0 Å². The van der Waals surface area contributed by atoms with Crippen molar-refractivity contribution in [2.75, 3.05) is 20.3 Å². The molecule has 2 N–H and O–H groups in total. The number of carbonyl (C=O) groups is 1. The van der Waals surface area contributed by atoms with Gasteiger partial charge >= 0.3 is 5.97 Å². The van der Waals surface area contributed by atoms with Crippen LogP contribution in [-0.2, 0) is 16.0 Å². The van der Waals surface area contributed by atoms with Gasteiger partial charge in [0.1, 0.15) is 6.61 Å². The smallest absolute Gasteiger partial charge is 0.350 e. The molecule has 2 aromatic rings. The summed E-state index contributed by atoms with van der Waals surface area (Å²) in [6, 6.07) is 15.5. The van der Waals surface area contributed by atoms with Gasteiger partial charge in [-0.3, -0.25) is 0 Å². The van der Waals surface area contributed by atoms with Crippen molar-refractivity contribution in [3.8, 4) is 11.5 Å². The molecule has 2 aromatic carbocycles. The Hall–Kier alpha value is -2.57. The molecular formula is C21H25NO5. The number of hydrogen-bond acceptors (Lipinski definition) is 6. The van der Waals surface area contributed by atoms with Crippen LogP contribution < -0.4 is 14.8 Å². The van der Waals surface area contributed by atoms with Crippen LogP contribution in [0.4, 0.5) is 0 Å². The molecule has 1 heterocycles. The molecule has 3 atom stereocenters. The highest BCUT2D eigenvalue weighted by Crippen LogP contribution is 2.33. The van der Waals surface area contributed by atoms with Gasteiger partial charge < -0.3 is 24.6 Å². The van der Waals surface area contributed by atoms with E-state index in [1.165, 1.54) is 7.11 Å². The highest BCUT2D eigenvalue weighted by atomic mass is 16.6. The fourth-order valence-corrected chi connectivity index (χ4v) is 3.02. The number of esters is 1. The van der Waals surface area contributed by atoms with Crippen LogP contribution in [0.1, 0.15) is 24.2 Å². The molecule has 0 saturated heterocycles. The summed E-state index contributed by atoms with van der Waals surface area (Å²) in [5.74, 6) is 0.723. The third-order valence-corrected chi connectivity index (χ3v) is 4.52. The number of ether oxygens (including phenoxy) is 3. The monoisotopic (exact) mass is 371 g/mol. The first-order valence-electron chi connectivity index (χ1n) is 9.03. The van der Waals surface area contributed by atoms with E-state index in [1.54, 1.807) is 0 Å². The molecule has 0 bridgehead atoms. The fourth-order valence-electron chi connectivity index (χ4n) is 3.02. The van der Waals surface area contributed by atoms with Gasteiger partial charge in [-0.2, -0.15) is 0 Å². The van der Waals surface area contributed by atoms with Gasteiger partial charge in [-0.15, -0.1) is 0 Å². The molecule has 0 saturated carbocycles. The number of carbonyl (C=O) groups excluding carboxylic acids is 1. The first-order valence-corrected chi connectivity index (χ1v) is 9.03. The summed E-state index contributed by atoms with van der Waals surface area (Å²) in [5, 5.41) is 13.6. The lowest BCUT2D eigenvalue weighted by atomic mass is 10.0. The Morgan fingerprint density at radius 1 is 1.26 bits per heavy atom. The predicted octanol–water partition coefficient (Wildman–Crippen LogP) is 2.25. The standard InChI is InChI=1S/C21H25NO5/c1-14(22-12-17(23)16-6-4-3-5-7-16)10-15-8-9-18-19(11-15)27-20(13-26-18)21(24)25-2/h3-9,11,14,17,20,22-23H,10,12-13H2,1-2H3. The summed E-state index contributed by atoms with van der Waals surface area (Å²) >= 11 is 0. The lowest BCUT2D eigenvalue weighted by molar-refractivity contribution is -0.151. The van der Waals surface area contributed by atoms with Crippen LogP contribution in [0, 0.1) is 0 Å². The van der Waals surface area contributed by atoms with Gasteiger partial charge in [0.15, 0.2) is 11.5 Å². The van der Waals surface area contributed by atoms with Crippen LogP contribution in [-0.4, -0.2) is 43.5 Å². The third kappa shape index (κ3) is 4.99. The minimum atomic E-state index is -0.741. The average molecular weight is 371 g/mol. The number of fused-ring (bicyclic) bond motifs is 1. The predicted molar refractivity (Wildman–Crippen MR) is 101 cm³/mol. The van der Waals surface area contributed by atoms with Gasteiger partial charge in [0.2, 0.25) is 6.10 Å². The minimum Gasteiger partial charge on any atom is -0.485 e. The Kier molecular flexibility index (Phi) is 6.32. The first-order chi connectivity index (χ1) is 13.1. The maximum atomic E-state index is 11.6.